The Hall–Kier alpha value is -2.09. The summed E-state index contributed by atoms with van der Waals surface area (Å²) in [6.45, 7) is 0. The number of alkyl halides is 3. The maximum absolute atomic E-state index is 14.0. The molecule has 0 atom stereocenters. The van der Waals surface area contributed by atoms with Gasteiger partial charge < -0.3 is 4.74 Å². The molecule has 2 aromatic carbocycles. The van der Waals surface area contributed by atoms with E-state index in [1.807, 2.05) is 6.07 Å². The Morgan fingerprint density at radius 1 is 1.09 bits per heavy atom. The standard InChI is InChI=1S/C14H9BrF4N2O/c15-11-6-7-12(22-14(17,18)19)13(16)10(11)8-20-21-9-4-2-1-3-5-9/h1-8,21H. The minimum atomic E-state index is -4.97. The number of anilines is 1. The van der Waals surface area contributed by atoms with Crippen molar-refractivity contribution in [3.05, 3.63) is 58.3 Å². The first-order valence-electron chi connectivity index (χ1n) is 5.95. The molecule has 116 valence electrons. The summed E-state index contributed by atoms with van der Waals surface area (Å²) in [5, 5.41) is 3.79. The third-order valence-electron chi connectivity index (χ3n) is 2.48. The van der Waals surface area contributed by atoms with Crippen LogP contribution in [0.1, 0.15) is 5.56 Å². The molecule has 0 aliphatic rings. The van der Waals surface area contributed by atoms with Gasteiger partial charge in [-0.1, -0.05) is 34.1 Å². The van der Waals surface area contributed by atoms with E-state index >= 15 is 0 Å². The van der Waals surface area contributed by atoms with Crippen LogP contribution in [0.4, 0.5) is 23.2 Å². The predicted molar refractivity (Wildman–Crippen MR) is 78.4 cm³/mol. The summed E-state index contributed by atoms with van der Waals surface area (Å²) in [4.78, 5) is 0. The normalized spacial score (nSPS) is 11.7. The molecule has 0 heterocycles. The number of benzene rings is 2. The van der Waals surface area contributed by atoms with E-state index in [1.54, 1.807) is 24.3 Å². The summed E-state index contributed by atoms with van der Waals surface area (Å²) in [7, 11) is 0. The van der Waals surface area contributed by atoms with Crippen LogP contribution >= 0.6 is 15.9 Å². The van der Waals surface area contributed by atoms with E-state index in [9.17, 15) is 17.6 Å². The first-order valence-corrected chi connectivity index (χ1v) is 6.74. The average Bonchev–Trinajstić information content (AvgIpc) is 2.45. The lowest BCUT2D eigenvalue weighted by atomic mass is 10.2. The smallest absolute Gasteiger partial charge is 0.403 e. The molecule has 0 aliphatic carbocycles. The molecule has 0 aliphatic heterocycles. The van der Waals surface area contributed by atoms with Gasteiger partial charge in [0.15, 0.2) is 11.6 Å². The lowest BCUT2D eigenvalue weighted by molar-refractivity contribution is -0.275. The summed E-state index contributed by atoms with van der Waals surface area (Å²) in [6, 6.07) is 10.9. The Morgan fingerprint density at radius 3 is 2.41 bits per heavy atom. The summed E-state index contributed by atoms with van der Waals surface area (Å²) < 4.78 is 54.4. The molecular formula is C14H9BrF4N2O. The third-order valence-corrected chi connectivity index (χ3v) is 3.17. The van der Waals surface area contributed by atoms with Crippen molar-refractivity contribution >= 4 is 27.8 Å². The fourth-order valence-electron chi connectivity index (χ4n) is 1.56. The highest BCUT2D eigenvalue weighted by Crippen LogP contribution is 2.30. The fraction of sp³-hybridized carbons (Fsp3) is 0.0714. The van der Waals surface area contributed by atoms with E-state index in [0.29, 0.717) is 5.69 Å². The van der Waals surface area contributed by atoms with E-state index in [-0.39, 0.29) is 10.0 Å². The van der Waals surface area contributed by atoms with Gasteiger partial charge in [0.25, 0.3) is 0 Å². The average molecular weight is 377 g/mol. The van der Waals surface area contributed by atoms with Crippen LogP contribution in [0.3, 0.4) is 0 Å². The molecule has 0 aromatic heterocycles. The Morgan fingerprint density at radius 2 is 1.77 bits per heavy atom. The van der Waals surface area contributed by atoms with E-state index in [2.05, 4.69) is 31.2 Å². The molecule has 3 nitrogen and oxygen atoms in total. The van der Waals surface area contributed by atoms with Gasteiger partial charge in [0.1, 0.15) is 0 Å². The number of hydrazone groups is 1. The second kappa shape index (κ2) is 6.78. The fourth-order valence-corrected chi connectivity index (χ4v) is 1.96. The molecule has 0 radical (unpaired) electrons. The maximum atomic E-state index is 14.0. The summed E-state index contributed by atoms with van der Waals surface area (Å²) in [5.74, 6) is -2.08. The zero-order valence-corrected chi connectivity index (χ0v) is 12.5. The Balaban J connectivity index is 2.21. The Kier molecular flexibility index (Phi) is 5.02. The number of nitrogens with one attached hydrogen (secondary N) is 1. The first kappa shape index (κ1) is 16.3. The van der Waals surface area contributed by atoms with Crippen molar-refractivity contribution < 1.29 is 22.3 Å². The molecule has 22 heavy (non-hydrogen) atoms. The second-order valence-electron chi connectivity index (χ2n) is 4.06. The number of halogens is 5. The van der Waals surface area contributed by atoms with E-state index in [1.165, 1.54) is 6.07 Å². The van der Waals surface area contributed by atoms with Crippen LogP contribution < -0.4 is 10.2 Å². The molecule has 0 saturated heterocycles. The van der Waals surface area contributed by atoms with Gasteiger partial charge in [-0.3, -0.25) is 5.43 Å². The molecule has 0 fully saturated rings. The van der Waals surface area contributed by atoms with Crippen LogP contribution in [-0.4, -0.2) is 12.6 Å². The largest absolute Gasteiger partial charge is 0.573 e. The van der Waals surface area contributed by atoms with Gasteiger partial charge in [-0.05, 0) is 24.3 Å². The van der Waals surface area contributed by atoms with Gasteiger partial charge in [-0.2, -0.15) is 5.10 Å². The van der Waals surface area contributed by atoms with Gasteiger partial charge in [0, 0.05) is 10.0 Å². The topological polar surface area (TPSA) is 33.6 Å². The zero-order chi connectivity index (χ0) is 16.2. The molecule has 0 amide bonds. The number of rotatable bonds is 4. The Bertz CT molecular complexity index is 675. The van der Waals surface area contributed by atoms with Crippen LogP contribution in [0.15, 0.2) is 52.0 Å². The lowest BCUT2D eigenvalue weighted by Gasteiger charge is -2.11. The van der Waals surface area contributed by atoms with Crippen molar-refractivity contribution in [1.29, 1.82) is 0 Å². The van der Waals surface area contributed by atoms with Crippen LogP contribution in [0.5, 0.6) is 5.75 Å². The molecule has 0 saturated carbocycles. The highest BCUT2D eigenvalue weighted by Gasteiger charge is 2.33. The molecule has 8 heteroatoms. The van der Waals surface area contributed by atoms with Crippen molar-refractivity contribution in [2.75, 3.05) is 5.43 Å². The van der Waals surface area contributed by atoms with Crippen molar-refractivity contribution in [1.82, 2.24) is 0 Å². The lowest BCUT2D eigenvalue weighted by Crippen LogP contribution is -2.18. The summed E-state index contributed by atoms with van der Waals surface area (Å²) in [5.41, 5.74) is 3.12. The second-order valence-corrected chi connectivity index (χ2v) is 4.91. The van der Waals surface area contributed by atoms with E-state index < -0.39 is 17.9 Å². The van der Waals surface area contributed by atoms with Crippen molar-refractivity contribution in [2.45, 2.75) is 6.36 Å². The van der Waals surface area contributed by atoms with Crippen LogP contribution in [0, 0.1) is 5.82 Å². The molecule has 0 spiro atoms. The zero-order valence-electron chi connectivity index (χ0n) is 10.9. The van der Waals surface area contributed by atoms with Crippen molar-refractivity contribution in [3.8, 4) is 5.75 Å². The molecule has 0 unspecified atom stereocenters. The highest BCUT2D eigenvalue weighted by atomic mass is 79.9. The minimum absolute atomic E-state index is 0.162. The van der Waals surface area contributed by atoms with E-state index in [4.69, 9.17) is 0 Å². The van der Waals surface area contributed by atoms with Gasteiger partial charge in [-0.25, -0.2) is 4.39 Å². The molecule has 2 aromatic rings. The Labute approximate surface area is 131 Å². The van der Waals surface area contributed by atoms with Gasteiger partial charge in [-0.15, -0.1) is 13.2 Å². The van der Waals surface area contributed by atoms with Crippen LogP contribution in [0.2, 0.25) is 0 Å². The highest BCUT2D eigenvalue weighted by molar-refractivity contribution is 9.10. The quantitative estimate of drug-likeness (QED) is 0.466. The molecule has 0 bridgehead atoms. The number of hydrogen-bond acceptors (Lipinski definition) is 3. The SMILES string of the molecule is Fc1c(OC(F)(F)F)ccc(Br)c1C=NNc1ccccc1. The van der Waals surface area contributed by atoms with Crippen molar-refractivity contribution in [2.24, 2.45) is 5.10 Å². The monoisotopic (exact) mass is 376 g/mol. The van der Waals surface area contributed by atoms with Gasteiger partial charge in [0.2, 0.25) is 0 Å². The predicted octanol–water partition coefficient (Wildman–Crippen LogP) is 4.93. The third kappa shape index (κ3) is 4.45. The number of para-hydroxylation sites is 1. The summed E-state index contributed by atoms with van der Waals surface area (Å²) >= 11 is 3.05. The van der Waals surface area contributed by atoms with Gasteiger partial charge >= 0.3 is 6.36 Å². The minimum Gasteiger partial charge on any atom is -0.403 e. The number of nitrogens with zero attached hydrogens (tertiary/aromatic N) is 1. The van der Waals surface area contributed by atoms with Gasteiger partial charge in [0.05, 0.1) is 11.9 Å². The molecule has 2 rings (SSSR count). The number of ether oxygens (including phenoxy) is 1. The first-order chi connectivity index (χ1) is 10.4. The van der Waals surface area contributed by atoms with Crippen molar-refractivity contribution in [3.63, 3.8) is 0 Å². The maximum Gasteiger partial charge on any atom is 0.573 e. The van der Waals surface area contributed by atoms with Crippen LogP contribution in [0.25, 0.3) is 0 Å². The van der Waals surface area contributed by atoms with Crippen LogP contribution in [-0.2, 0) is 0 Å². The number of hydrogen-bond donors (Lipinski definition) is 1. The molecule has 1 N–H and O–H groups in total. The molecular weight excluding hydrogens is 368 g/mol. The summed E-state index contributed by atoms with van der Waals surface area (Å²) in [6.07, 6.45) is -3.90. The van der Waals surface area contributed by atoms with E-state index in [0.717, 1.165) is 12.3 Å².